The summed E-state index contributed by atoms with van der Waals surface area (Å²) in [6, 6.07) is 7.89. The van der Waals surface area contributed by atoms with Crippen LogP contribution in [-0.4, -0.2) is 14.4 Å². The molecule has 0 unspecified atom stereocenters. The highest BCUT2D eigenvalue weighted by Gasteiger charge is 2.09. The van der Waals surface area contributed by atoms with Crippen molar-refractivity contribution in [2.24, 2.45) is 0 Å². The molecule has 0 bridgehead atoms. The Balaban J connectivity index is 2.29. The van der Waals surface area contributed by atoms with E-state index in [0.29, 0.717) is 5.56 Å². The first-order valence-electron chi connectivity index (χ1n) is 5.55. The zero-order chi connectivity index (χ0) is 14.7. The van der Waals surface area contributed by atoms with Gasteiger partial charge >= 0.3 is 0 Å². The van der Waals surface area contributed by atoms with E-state index < -0.39 is 9.85 Å². The molecule has 2 rings (SSSR count). The van der Waals surface area contributed by atoms with Crippen LogP contribution < -0.4 is 5.56 Å². The molecule has 0 aliphatic heterocycles. The Kier molecular flexibility index (Phi) is 3.56. The fraction of sp³-hybridized carbons (Fsp3) is 0.0833. The normalized spacial score (nSPS) is 10.2. The molecule has 0 aliphatic carbocycles. The molecule has 0 saturated carbocycles. The SMILES string of the molecule is O=c1ccc([N+](=O)[O-])cn1Cc1ccc([N+](=O)[O-])cc1. The van der Waals surface area contributed by atoms with Gasteiger partial charge in [0.1, 0.15) is 0 Å². The minimum atomic E-state index is -0.591. The summed E-state index contributed by atoms with van der Waals surface area (Å²) in [6.07, 6.45) is 1.14. The van der Waals surface area contributed by atoms with Gasteiger partial charge in [0.25, 0.3) is 16.9 Å². The number of rotatable bonds is 4. The summed E-state index contributed by atoms with van der Waals surface area (Å²) >= 11 is 0. The highest BCUT2D eigenvalue weighted by atomic mass is 16.6. The molecule has 1 heterocycles. The Hall–Kier alpha value is -3.03. The molecular formula is C12H9N3O5. The molecule has 20 heavy (non-hydrogen) atoms. The summed E-state index contributed by atoms with van der Waals surface area (Å²) in [7, 11) is 0. The van der Waals surface area contributed by atoms with E-state index in [2.05, 4.69) is 0 Å². The molecule has 0 radical (unpaired) electrons. The predicted molar refractivity (Wildman–Crippen MR) is 69.6 cm³/mol. The summed E-state index contributed by atoms with van der Waals surface area (Å²) in [4.78, 5) is 31.7. The van der Waals surface area contributed by atoms with Crippen LogP contribution in [0.2, 0.25) is 0 Å². The Labute approximate surface area is 112 Å². The van der Waals surface area contributed by atoms with Crippen LogP contribution in [0.3, 0.4) is 0 Å². The van der Waals surface area contributed by atoms with Crippen molar-refractivity contribution in [3.05, 3.63) is 78.7 Å². The molecular weight excluding hydrogens is 266 g/mol. The van der Waals surface area contributed by atoms with E-state index in [0.717, 1.165) is 18.3 Å². The quantitative estimate of drug-likeness (QED) is 0.623. The molecule has 0 aliphatic rings. The highest BCUT2D eigenvalue weighted by molar-refractivity contribution is 5.33. The van der Waals surface area contributed by atoms with Gasteiger partial charge in [0.05, 0.1) is 22.6 Å². The van der Waals surface area contributed by atoms with Crippen LogP contribution in [0.15, 0.2) is 47.4 Å². The molecule has 0 N–H and O–H groups in total. The highest BCUT2D eigenvalue weighted by Crippen LogP contribution is 2.13. The lowest BCUT2D eigenvalue weighted by atomic mass is 10.2. The number of aromatic nitrogens is 1. The standard InChI is InChI=1S/C12H9N3O5/c16-12-6-5-11(15(19)20)8-13(12)7-9-1-3-10(4-2-9)14(17)18/h1-6,8H,7H2. The molecule has 0 saturated heterocycles. The minimum Gasteiger partial charge on any atom is -0.304 e. The van der Waals surface area contributed by atoms with Crippen LogP contribution in [0.5, 0.6) is 0 Å². The summed E-state index contributed by atoms with van der Waals surface area (Å²) in [6.45, 7) is 0.110. The average molecular weight is 275 g/mol. The topological polar surface area (TPSA) is 108 Å². The number of hydrogen-bond donors (Lipinski definition) is 0. The third-order valence-electron chi connectivity index (χ3n) is 2.68. The number of nitrogens with zero attached hydrogens (tertiary/aromatic N) is 3. The van der Waals surface area contributed by atoms with Crippen molar-refractivity contribution in [3.63, 3.8) is 0 Å². The molecule has 0 atom stereocenters. The summed E-state index contributed by atoms with van der Waals surface area (Å²) in [5.74, 6) is 0. The second-order valence-electron chi connectivity index (χ2n) is 4.03. The van der Waals surface area contributed by atoms with Gasteiger partial charge in [0.2, 0.25) is 0 Å². The molecule has 0 fully saturated rings. The second kappa shape index (κ2) is 5.31. The first-order valence-corrected chi connectivity index (χ1v) is 5.55. The van der Waals surface area contributed by atoms with Crippen molar-refractivity contribution in [3.8, 4) is 0 Å². The van der Waals surface area contributed by atoms with Crippen molar-refractivity contribution < 1.29 is 9.85 Å². The molecule has 1 aromatic heterocycles. The number of benzene rings is 1. The maximum absolute atomic E-state index is 11.6. The minimum absolute atomic E-state index is 0.0554. The van der Waals surface area contributed by atoms with Gasteiger partial charge in [-0.1, -0.05) is 12.1 Å². The zero-order valence-electron chi connectivity index (χ0n) is 10.1. The van der Waals surface area contributed by atoms with Gasteiger partial charge in [-0.05, 0) is 5.56 Å². The van der Waals surface area contributed by atoms with Gasteiger partial charge in [-0.3, -0.25) is 25.0 Å². The van der Waals surface area contributed by atoms with E-state index in [9.17, 15) is 25.0 Å². The molecule has 0 amide bonds. The summed E-state index contributed by atoms with van der Waals surface area (Å²) < 4.78 is 1.18. The lowest BCUT2D eigenvalue weighted by molar-refractivity contribution is -0.385. The maximum Gasteiger partial charge on any atom is 0.285 e. The third-order valence-corrected chi connectivity index (χ3v) is 2.68. The van der Waals surface area contributed by atoms with Crippen molar-refractivity contribution in [1.82, 2.24) is 4.57 Å². The lowest BCUT2D eigenvalue weighted by Gasteiger charge is -2.05. The van der Waals surface area contributed by atoms with Crippen molar-refractivity contribution >= 4 is 11.4 Å². The van der Waals surface area contributed by atoms with Crippen molar-refractivity contribution in [1.29, 1.82) is 0 Å². The zero-order valence-corrected chi connectivity index (χ0v) is 10.1. The van der Waals surface area contributed by atoms with Gasteiger partial charge in [0, 0.05) is 24.3 Å². The van der Waals surface area contributed by atoms with Crippen LogP contribution in [0.4, 0.5) is 11.4 Å². The smallest absolute Gasteiger partial charge is 0.285 e. The average Bonchev–Trinajstić information content (AvgIpc) is 2.41. The monoisotopic (exact) mass is 275 g/mol. The maximum atomic E-state index is 11.6. The summed E-state index contributed by atoms with van der Waals surface area (Å²) in [5.41, 5.74) is 0.0128. The number of nitro benzene ring substituents is 1. The number of pyridine rings is 1. The third kappa shape index (κ3) is 2.86. The second-order valence-corrected chi connectivity index (χ2v) is 4.03. The van der Waals surface area contributed by atoms with Gasteiger partial charge in [-0.15, -0.1) is 0 Å². The van der Waals surface area contributed by atoms with Crippen LogP contribution in [0.1, 0.15) is 5.56 Å². The van der Waals surface area contributed by atoms with Gasteiger partial charge in [-0.2, -0.15) is 0 Å². The van der Waals surface area contributed by atoms with Crippen LogP contribution in [-0.2, 0) is 6.54 Å². The fourth-order valence-corrected chi connectivity index (χ4v) is 1.67. The Morgan fingerprint density at radius 1 is 0.900 bits per heavy atom. The van der Waals surface area contributed by atoms with Crippen LogP contribution >= 0.6 is 0 Å². The molecule has 0 spiro atoms. The molecule has 2 aromatic rings. The molecule has 1 aromatic carbocycles. The Bertz CT molecular complexity index is 721. The summed E-state index contributed by atoms with van der Waals surface area (Å²) in [5, 5.41) is 21.2. The molecule has 8 nitrogen and oxygen atoms in total. The Morgan fingerprint density at radius 2 is 1.45 bits per heavy atom. The van der Waals surface area contributed by atoms with Gasteiger partial charge in [-0.25, -0.2) is 0 Å². The predicted octanol–water partition coefficient (Wildman–Crippen LogP) is 1.71. The van der Waals surface area contributed by atoms with Crippen LogP contribution in [0, 0.1) is 20.2 Å². The van der Waals surface area contributed by atoms with Gasteiger partial charge < -0.3 is 4.57 Å². The van der Waals surface area contributed by atoms with Crippen molar-refractivity contribution in [2.45, 2.75) is 6.54 Å². The molecule has 102 valence electrons. The van der Waals surface area contributed by atoms with Gasteiger partial charge in [0.15, 0.2) is 0 Å². The first kappa shape index (κ1) is 13.4. The van der Waals surface area contributed by atoms with E-state index in [1.54, 1.807) is 0 Å². The van der Waals surface area contributed by atoms with E-state index in [1.807, 2.05) is 0 Å². The molecule has 8 heteroatoms. The lowest BCUT2D eigenvalue weighted by Crippen LogP contribution is -2.19. The van der Waals surface area contributed by atoms with E-state index in [-0.39, 0.29) is 23.5 Å². The van der Waals surface area contributed by atoms with Crippen LogP contribution in [0.25, 0.3) is 0 Å². The fourth-order valence-electron chi connectivity index (χ4n) is 1.67. The van der Waals surface area contributed by atoms with Crippen molar-refractivity contribution in [2.75, 3.05) is 0 Å². The number of hydrogen-bond acceptors (Lipinski definition) is 5. The number of nitro groups is 2. The van der Waals surface area contributed by atoms with E-state index >= 15 is 0 Å². The number of non-ortho nitro benzene ring substituents is 1. The Morgan fingerprint density at radius 3 is 2.00 bits per heavy atom. The van der Waals surface area contributed by atoms with E-state index in [4.69, 9.17) is 0 Å². The first-order chi connectivity index (χ1) is 9.47. The van der Waals surface area contributed by atoms with E-state index in [1.165, 1.54) is 28.8 Å². The largest absolute Gasteiger partial charge is 0.304 e.